The fraction of sp³-hybridized carbons (Fsp3) is 0.750. The van der Waals surface area contributed by atoms with Gasteiger partial charge in [0, 0.05) is 0 Å². The molecule has 0 atom stereocenters. The number of hydrogen-bond donors (Lipinski definition) is 0. The molecule has 32 valence electrons. The Morgan fingerprint density at radius 1 is 1.40 bits per heavy atom. The largest absolute Gasteiger partial charge is 0.128 e. The van der Waals surface area contributed by atoms with Crippen LogP contribution in [0.25, 0.3) is 0 Å². The number of alkyl halides is 1. The zero-order valence-electron chi connectivity index (χ0n) is 3.88. The highest BCUT2D eigenvalue weighted by Crippen LogP contribution is 1.87. The van der Waals surface area contributed by atoms with Crippen LogP contribution in [0.3, 0.4) is 0 Å². The second kappa shape index (κ2) is 2.82. The van der Waals surface area contributed by atoms with Crippen LogP contribution in [-0.2, 0) is 0 Å². The zero-order valence-corrected chi connectivity index (χ0v) is 6.04. The van der Waals surface area contributed by atoms with Crippen molar-refractivity contribution in [3.63, 3.8) is 0 Å². The van der Waals surface area contributed by atoms with Gasteiger partial charge in [0.1, 0.15) is 0 Å². The third kappa shape index (κ3) is 4.60. The molecule has 0 fully saturated rings. The Bertz CT molecular complexity index is 41.6. The van der Waals surface area contributed by atoms with E-state index in [9.17, 15) is 0 Å². The molecule has 1 heteroatoms. The predicted molar refractivity (Wildman–Crippen MR) is 36.3 cm³/mol. The van der Waals surface area contributed by atoms with Crippen molar-refractivity contribution in [1.82, 2.24) is 0 Å². The molecule has 0 saturated carbocycles. The molecule has 0 aromatic carbocycles. The normalized spacial score (nSPS) is 7.80. The third-order valence-corrected chi connectivity index (χ3v) is 2.54. The molecule has 0 spiro atoms. The molecular weight excluding hydrogens is 175 g/mol. The molecular formula is C4H9I. The van der Waals surface area contributed by atoms with Crippen molar-refractivity contribution in [3.8, 4) is 0 Å². The van der Waals surface area contributed by atoms with Crippen molar-refractivity contribution in [2.75, 3.05) is 4.93 Å². The Morgan fingerprint density at radius 3 is 1.60 bits per heavy atom. The molecule has 0 radical (unpaired) electrons. The van der Waals surface area contributed by atoms with Crippen LogP contribution in [-0.4, -0.2) is 8.44 Å². The summed E-state index contributed by atoms with van der Waals surface area (Å²) in [6.07, 6.45) is 0. The molecule has 0 N–H and O–H groups in total. The van der Waals surface area contributed by atoms with E-state index in [4.69, 9.17) is 0 Å². The van der Waals surface area contributed by atoms with Gasteiger partial charge in [-0.05, 0) is 22.3 Å². The molecule has 0 aromatic heterocycles. The highest BCUT2D eigenvalue weighted by atomic mass is 127. The first-order valence-corrected chi connectivity index (χ1v) is 4.80. The van der Waals surface area contributed by atoms with Crippen molar-refractivity contribution < 1.29 is 0 Å². The molecule has 0 saturated heterocycles. The minimum absolute atomic E-state index is 0.464. The second-order valence-electron chi connectivity index (χ2n) is 1.07. The Kier molecular flexibility index (Phi) is 3.16. The predicted octanol–water partition coefficient (Wildman–Crippen LogP) is 1.80. The molecule has 0 bridgehead atoms. The van der Waals surface area contributed by atoms with Crippen molar-refractivity contribution in [3.05, 3.63) is 0 Å². The van der Waals surface area contributed by atoms with Crippen LogP contribution in [0, 0.1) is 0 Å². The average molecular weight is 184 g/mol. The van der Waals surface area contributed by atoms with Gasteiger partial charge in [0.05, 0.1) is 0 Å². The van der Waals surface area contributed by atoms with Crippen LogP contribution in [0.2, 0.25) is 0 Å². The average Bonchev–Trinajstić information content (AvgIpc) is 1.38. The van der Waals surface area contributed by atoms with Crippen molar-refractivity contribution in [1.29, 1.82) is 0 Å². The van der Waals surface area contributed by atoms with Crippen LogP contribution in [0.4, 0.5) is 0 Å². The van der Waals surface area contributed by atoms with Gasteiger partial charge in [-0.15, -0.1) is 20.7 Å². The molecule has 0 rings (SSSR count). The molecule has 0 amide bonds. The summed E-state index contributed by atoms with van der Waals surface area (Å²) in [6, 6.07) is 0. The quantitative estimate of drug-likeness (QED) is 0.397. The van der Waals surface area contributed by atoms with Gasteiger partial charge >= 0.3 is 0 Å². The fourth-order valence-electron chi connectivity index (χ4n) is 0. The Hall–Kier alpha value is 0.600. The molecule has 0 aliphatic carbocycles. The summed E-state index contributed by atoms with van der Waals surface area (Å²) in [5.41, 5.74) is 0. The number of halogens is 1. The minimum Gasteiger partial charge on any atom is -0.128 e. The first-order valence-electron chi connectivity index (χ1n) is 1.57. The van der Waals surface area contributed by atoms with Gasteiger partial charge in [-0.2, -0.15) is 0 Å². The van der Waals surface area contributed by atoms with E-state index in [0.29, 0.717) is 20.7 Å². The lowest BCUT2D eigenvalue weighted by atomic mass is 10.6. The molecule has 0 aliphatic heterocycles. The van der Waals surface area contributed by atoms with Gasteiger partial charge in [-0.25, -0.2) is 0 Å². The maximum absolute atomic E-state index is 2.27. The van der Waals surface area contributed by atoms with Gasteiger partial charge in [-0.3, -0.25) is 0 Å². The lowest BCUT2D eigenvalue weighted by Gasteiger charge is -1.73. The van der Waals surface area contributed by atoms with E-state index >= 15 is 0 Å². The van der Waals surface area contributed by atoms with E-state index in [1.807, 2.05) is 0 Å². The van der Waals surface area contributed by atoms with E-state index in [0.717, 1.165) is 0 Å². The Balaban J connectivity index is 3.14. The maximum Gasteiger partial charge on any atom is -0.0169 e. The summed E-state index contributed by atoms with van der Waals surface area (Å²) >= 11 is 0.464. The second-order valence-corrected chi connectivity index (χ2v) is 4.30. The molecule has 0 unspecified atom stereocenters. The molecule has 0 heterocycles. The standard InChI is InChI=1S/C4H9I/c1-4(2)5-3/h1-3H3. The highest BCUT2D eigenvalue weighted by Gasteiger charge is 1.61. The minimum atomic E-state index is 0.464. The van der Waals surface area contributed by atoms with E-state index < -0.39 is 0 Å². The third-order valence-electron chi connectivity index (χ3n) is 0.378. The van der Waals surface area contributed by atoms with Crippen molar-refractivity contribution in [2.24, 2.45) is 0 Å². The summed E-state index contributed by atoms with van der Waals surface area (Å²) in [7, 11) is 0. The fourth-order valence-corrected chi connectivity index (χ4v) is 0. The topological polar surface area (TPSA) is 0 Å². The monoisotopic (exact) mass is 184 g/mol. The first kappa shape index (κ1) is 5.60. The summed E-state index contributed by atoms with van der Waals surface area (Å²) in [5, 5.41) is 0. The van der Waals surface area contributed by atoms with Crippen LogP contribution in [0.15, 0.2) is 0 Å². The Morgan fingerprint density at radius 2 is 1.60 bits per heavy atom. The van der Waals surface area contributed by atoms with Gasteiger partial charge in [0.25, 0.3) is 0 Å². The number of rotatable bonds is 0. The summed E-state index contributed by atoms with van der Waals surface area (Å²) in [5.74, 6) is 0. The zero-order chi connectivity index (χ0) is 4.28. The number of hydrogen-bond acceptors (Lipinski definition) is 0. The highest BCUT2D eigenvalue weighted by molar-refractivity contribution is 14.2. The van der Waals surface area contributed by atoms with E-state index in [1.54, 1.807) is 3.51 Å². The SMILES string of the molecule is CI=C(C)C. The van der Waals surface area contributed by atoms with Gasteiger partial charge < -0.3 is 0 Å². The first-order chi connectivity index (χ1) is 2.27. The Labute approximate surface area is 43.3 Å². The van der Waals surface area contributed by atoms with E-state index in [1.165, 1.54) is 0 Å². The molecule has 5 heavy (non-hydrogen) atoms. The lowest BCUT2D eigenvalue weighted by Crippen LogP contribution is -1.66. The van der Waals surface area contributed by atoms with Crippen LogP contribution in [0.1, 0.15) is 13.8 Å². The molecule has 0 aromatic rings. The molecule has 0 nitrogen and oxygen atoms in total. The van der Waals surface area contributed by atoms with E-state index in [2.05, 4.69) is 18.8 Å². The lowest BCUT2D eigenvalue weighted by molar-refractivity contribution is 1.86. The van der Waals surface area contributed by atoms with Gasteiger partial charge in [-0.1, -0.05) is 0 Å². The smallest absolute Gasteiger partial charge is 0.0169 e. The van der Waals surface area contributed by atoms with Crippen molar-refractivity contribution >= 4 is 24.2 Å². The van der Waals surface area contributed by atoms with Crippen LogP contribution < -0.4 is 0 Å². The van der Waals surface area contributed by atoms with Gasteiger partial charge in [0.2, 0.25) is 0 Å². The van der Waals surface area contributed by atoms with Crippen molar-refractivity contribution in [2.45, 2.75) is 13.8 Å². The summed E-state index contributed by atoms with van der Waals surface area (Å²) in [6.45, 7) is 4.38. The van der Waals surface area contributed by atoms with Crippen LogP contribution >= 0.6 is 20.7 Å². The van der Waals surface area contributed by atoms with Gasteiger partial charge in [0.15, 0.2) is 0 Å². The molecule has 0 aliphatic rings. The summed E-state index contributed by atoms with van der Waals surface area (Å²) < 4.78 is 1.61. The van der Waals surface area contributed by atoms with E-state index in [-0.39, 0.29) is 0 Å². The maximum atomic E-state index is 2.27. The summed E-state index contributed by atoms with van der Waals surface area (Å²) in [4.78, 5) is 2.27. The van der Waals surface area contributed by atoms with Crippen LogP contribution in [0.5, 0.6) is 0 Å².